The van der Waals surface area contributed by atoms with E-state index in [0.717, 1.165) is 18.9 Å². The molecule has 0 atom stereocenters. The highest BCUT2D eigenvalue weighted by Gasteiger charge is 2.34. The predicted octanol–water partition coefficient (Wildman–Crippen LogP) is 5.46. The summed E-state index contributed by atoms with van der Waals surface area (Å²) in [4.78, 5) is 0. The predicted molar refractivity (Wildman–Crippen MR) is 74.2 cm³/mol. The molecule has 1 aliphatic rings. The van der Waals surface area contributed by atoms with Gasteiger partial charge in [-0.2, -0.15) is 13.2 Å². The number of nitrogens with one attached hydrogen (secondary N) is 1. The van der Waals surface area contributed by atoms with E-state index in [1.165, 1.54) is 25.0 Å². The first-order valence-electron chi connectivity index (χ1n) is 6.41. The van der Waals surface area contributed by atoms with Crippen molar-refractivity contribution in [2.75, 3.05) is 11.9 Å². The molecule has 0 radical (unpaired) electrons. The normalized spacial score (nSPS) is 18.6. The molecule has 1 fully saturated rings. The molecule has 0 heterocycles. The lowest BCUT2D eigenvalue weighted by molar-refractivity contribution is -0.137. The lowest BCUT2D eigenvalue weighted by atomic mass is 9.89. The van der Waals surface area contributed by atoms with Crippen molar-refractivity contribution in [3.05, 3.63) is 28.2 Å². The van der Waals surface area contributed by atoms with E-state index in [0.29, 0.717) is 11.0 Å². The second-order valence-corrected chi connectivity index (χ2v) is 6.47. The van der Waals surface area contributed by atoms with Crippen molar-refractivity contribution in [1.82, 2.24) is 0 Å². The molecular weight excluding hydrogens is 319 g/mol. The number of hydrogen-bond acceptors (Lipinski definition) is 1. The van der Waals surface area contributed by atoms with E-state index in [1.54, 1.807) is 0 Å². The average molecular weight is 336 g/mol. The lowest BCUT2D eigenvalue weighted by Crippen LogP contribution is -2.24. The van der Waals surface area contributed by atoms with E-state index in [1.807, 2.05) is 0 Å². The van der Waals surface area contributed by atoms with Gasteiger partial charge in [-0.3, -0.25) is 0 Å². The quantitative estimate of drug-likeness (QED) is 0.773. The Morgan fingerprint density at radius 2 is 1.89 bits per heavy atom. The van der Waals surface area contributed by atoms with Crippen molar-refractivity contribution in [1.29, 1.82) is 0 Å². The summed E-state index contributed by atoms with van der Waals surface area (Å²) < 4.78 is 39.4. The molecule has 1 nitrogen and oxygen atoms in total. The van der Waals surface area contributed by atoms with Crippen LogP contribution in [0.4, 0.5) is 18.9 Å². The van der Waals surface area contributed by atoms with Gasteiger partial charge in [-0.25, -0.2) is 0 Å². The van der Waals surface area contributed by atoms with Gasteiger partial charge in [0.15, 0.2) is 0 Å². The molecule has 0 spiro atoms. The Morgan fingerprint density at radius 3 is 2.47 bits per heavy atom. The molecule has 19 heavy (non-hydrogen) atoms. The van der Waals surface area contributed by atoms with Gasteiger partial charge in [0.2, 0.25) is 0 Å². The van der Waals surface area contributed by atoms with Gasteiger partial charge < -0.3 is 5.32 Å². The van der Waals surface area contributed by atoms with Gasteiger partial charge in [0.25, 0.3) is 0 Å². The molecular formula is C14H17BrF3N. The van der Waals surface area contributed by atoms with Crippen LogP contribution in [0.25, 0.3) is 0 Å². The van der Waals surface area contributed by atoms with Crippen LogP contribution in [0.3, 0.4) is 0 Å². The highest BCUT2D eigenvalue weighted by molar-refractivity contribution is 9.10. The molecule has 0 amide bonds. The molecule has 1 N–H and O–H groups in total. The molecule has 0 aromatic heterocycles. The van der Waals surface area contributed by atoms with E-state index in [-0.39, 0.29) is 11.1 Å². The maximum absolute atomic E-state index is 12.9. The summed E-state index contributed by atoms with van der Waals surface area (Å²) in [5, 5.41) is 2.99. The van der Waals surface area contributed by atoms with E-state index in [4.69, 9.17) is 0 Å². The first-order chi connectivity index (χ1) is 8.80. The van der Waals surface area contributed by atoms with Gasteiger partial charge >= 0.3 is 6.18 Å². The molecule has 5 heteroatoms. The Balaban J connectivity index is 2.17. The molecule has 0 bridgehead atoms. The third-order valence-corrected chi connectivity index (χ3v) is 4.30. The van der Waals surface area contributed by atoms with Crippen LogP contribution in [0.15, 0.2) is 22.7 Å². The van der Waals surface area contributed by atoms with Gasteiger partial charge in [-0.15, -0.1) is 0 Å². The number of alkyl halides is 3. The number of anilines is 1. The van der Waals surface area contributed by atoms with E-state index in [2.05, 4.69) is 28.2 Å². The summed E-state index contributed by atoms with van der Waals surface area (Å²) in [6, 6.07) is 4.04. The molecule has 106 valence electrons. The molecule has 1 saturated carbocycles. The second-order valence-electron chi connectivity index (χ2n) is 5.56. The van der Waals surface area contributed by atoms with Crippen LogP contribution in [-0.2, 0) is 6.18 Å². The van der Waals surface area contributed by atoms with Crippen LogP contribution < -0.4 is 5.32 Å². The smallest absolute Gasteiger partial charge is 0.384 e. The van der Waals surface area contributed by atoms with E-state index < -0.39 is 11.7 Å². The van der Waals surface area contributed by atoms with Crippen molar-refractivity contribution < 1.29 is 13.2 Å². The minimum Gasteiger partial charge on any atom is -0.384 e. The zero-order chi connectivity index (χ0) is 14.1. The van der Waals surface area contributed by atoms with Crippen molar-refractivity contribution in [3.8, 4) is 0 Å². The average Bonchev–Trinajstić information content (AvgIpc) is 2.73. The zero-order valence-electron chi connectivity index (χ0n) is 10.8. The van der Waals surface area contributed by atoms with Crippen LogP contribution in [0.1, 0.15) is 38.2 Å². The van der Waals surface area contributed by atoms with Gasteiger partial charge in [0.1, 0.15) is 0 Å². The highest BCUT2D eigenvalue weighted by atomic mass is 79.9. The van der Waals surface area contributed by atoms with Crippen LogP contribution in [0.2, 0.25) is 0 Å². The summed E-state index contributed by atoms with van der Waals surface area (Å²) in [7, 11) is 0. The molecule has 1 aromatic rings. The topological polar surface area (TPSA) is 12.0 Å². The lowest BCUT2D eigenvalue weighted by Gasteiger charge is -2.25. The van der Waals surface area contributed by atoms with Crippen LogP contribution in [-0.4, -0.2) is 6.54 Å². The number of rotatable bonds is 3. The molecule has 0 unspecified atom stereocenters. The Kier molecular flexibility index (Phi) is 4.14. The highest BCUT2D eigenvalue weighted by Crippen LogP contribution is 2.40. The van der Waals surface area contributed by atoms with Crippen molar-refractivity contribution in [3.63, 3.8) is 0 Å². The maximum Gasteiger partial charge on any atom is 0.418 e. The van der Waals surface area contributed by atoms with Crippen LogP contribution in [0, 0.1) is 5.41 Å². The Bertz CT molecular complexity index is 450. The molecule has 0 saturated heterocycles. The first-order valence-corrected chi connectivity index (χ1v) is 7.20. The molecule has 2 rings (SSSR count). The molecule has 1 aliphatic carbocycles. The minimum absolute atomic E-state index is 0.116. The van der Waals surface area contributed by atoms with Crippen molar-refractivity contribution in [2.24, 2.45) is 5.41 Å². The molecule has 0 aliphatic heterocycles. The fraction of sp³-hybridized carbons (Fsp3) is 0.571. The zero-order valence-corrected chi connectivity index (χ0v) is 12.4. The maximum atomic E-state index is 12.9. The summed E-state index contributed by atoms with van der Waals surface area (Å²) >= 11 is 3.22. The Labute approximate surface area is 119 Å². The van der Waals surface area contributed by atoms with Gasteiger partial charge in [-0.05, 0) is 36.5 Å². The summed E-state index contributed by atoms with van der Waals surface area (Å²) in [5.41, 5.74) is -0.321. The fourth-order valence-electron chi connectivity index (χ4n) is 2.62. The third-order valence-electron chi connectivity index (χ3n) is 3.80. The number of hydrogen-bond donors (Lipinski definition) is 1. The summed E-state index contributed by atoms with van der Waals surface area (Å²) in [6.45, 7) is 2.73. The summed E-state index contributed by atoms with van der Waals surface area (Å²) in [6.07, 6.45) is 0.176. The monoisotopic (exact) mass is 335 g/mol. The van der Waals surface area contributed by atoms with Gasteiger partial charge in [0, 0.05) is 16.7 Å². The Morgan fingerprint density at radius 1 is 1.26 bits per heavy atom. The first kappa shape index (κ1) is 14.7. The van der Waals surface area contributed by atoms with Crippen molar-refractivity contribution in [2.45, 2.75) is 38.8 Å². The molecule has 1 aromatic carbocycles. The van der Waals surface area contributed by atoms with Gasteiger partial charge in [-0.1, -0.05) is 35.7 Å². The van der Waals surface area contributed by atoms with Crippen molar-refractivity contribution >= 4 is 21.6 Å². The van der Waals surface area contributed by atoms with E-state index >= 15 is 0 Å². The van der Waals surface area contributed by atoms with E-state index in [9.17, 15) is 13.2 Å². The number of benzene rings is 1. The van der Waals surface area contributed by atoms with Crippen LogP contribution in [0.5, 0.6) is 0 Å². The fourth-order valence-corrected chi connectivity index (χ4v) is 2.98. The standard InChI is InChI=1S/C14H17BrF3N/c1-13(6-2-3-7-13)9-19-12-8-10(15)4-5-11(12)14(16,17)18/h4-5,8,19H,2-3,6-7,9H2,1H3. The number of halogens is 4. The minimum atomic E-state index is -4.32. The van der Waals surface area contributed by atoms with Crippen LogP contribution >= 0.6 is 15.9 Å². The Hall–Kier alpha value is -0.710. The van der Waals surface area contributed by atoms with Gasteiger partial charge in [0.05, 0.1) is 5.56 Å². The summed E-state index contributed by atoms with van der Waals surface area (Å²) in [5.74, 6) is 0. The SMILES string of the molecule is CC1(CNc2cc(Br)ccc2C(F)(F)F)CCCC1. The largest absolute Gasteiger partial charge is 0.418 e. The second kappa shape index (κ2) is 5.35. The third kappa shape index (κ3) is 3.65.